The minimum atomic E-state index is -0.575. The number of aromatic nitrogens is 2. The topological polar surface area (TPSA) is 125 Å². The summed E-state index contributed by atoms with van der Waals surface area (Å²) in [4.78, 5) is 49.9. The molecule has 3 aromatic heterocycles. The van der Waals surface area contributed by atoms with Crippen LogP contribution >= 0.6 is 11.3 Å². The second kappa shape index (κ2) is 10.7. The van der Waals surface area contributed by atoms with E-state index in [9.17, 15) is 19.2 Å². The maximum Gasteiger partial charge on any atom is 0.332 e. The van der Waals surface area contributed by atoms with Gasteiger partial charge in [-0.15, -0.1) is 11.3 Å². The molecule has 0 aliphatic rings. The van der Waals surface area contributed by atoms with E-state index in [1.165, 1.54) is 29.3 Å². The smallest absolute Gasteiger partial charge is 0.332 e. The van der Waals surface area contributed by atoms with Crippen molar-refractivity contribution in [1.82, 2.24) is 19.8 Å². The summed E-state index contributed by atoms with van der Waals surface area (Å²) < 4.78 is 12.8. The molecule has 0 aromatic carbocycles. The molecule has 3 rings (SSSR count). The van der Waals surface area contributed by atoms with E-state index in [0.717, 1.165) is 4.57 Å². The number of nitrogens with one attached hydrogen (secondary N) is 2. The first kappa shape index (κ1) is 22.5. The zero-order chi connectivity index (χ0) is 22.2. The van der Waals surface area contributed by atoms with Gasteiger partial charge in [0.1, 0.15) is 17.0 Å². The number of methoxy groups -OCH3 is 1. The van der Waals surface area contributed by atoms with Crippen LogP contribution in [0.1, 0.15) is 18.6 Å². The van der Waals surface area contributed by atoms with Crippen molar-refractivity contribution in [2.45, 2.75) is 32.5 Å². The Morgan fingerprint density at radius 2 is 2.00 bits per heavy atom. The molecule has 0 atom stereocenters. The molecule has 0 radical (unpaired) electrons. The maximum absolute atomic E-state index is 12.9. The third-order valence-electron chi connectivity index (χ3n) is 4.59. The van der Waals surface area contributed by atoms with Gasteiger partial charge < -0.3 is 19.8 Å². The monoisotopic (exact) mass is 448 g/mol. The number of nitrogens with zero attached hydrogens (tertiary/aromatic N) is 2. The van der Waals surface area contributed by atoms with Gasteiger partial charge in [-0.25, -0.2) is 4.79 Å². The average molecular weight is 449 g/mol. The van der Waals surface area contributed by atoms with Crippen molar-refractivity contribution in [3.8, 4) is 0 Å². The minimum absolute atomic E-state index is 0.0744. The van der Waals surface area contributed by atoms with Crippen LogP contribution in [0.3, 0.4) is 0 Å². The van der Waals surface area contributed by atoms with Crippen LogP contribution < -0.4 is 21.9 Å². The van der Waals surface area contributed by atoms with E-state index in [2.05, 4.69) is 10.6 Å². The summed E-state index contributed by atoms with van der Waals surface area (Å²) in [7, 11) is 1.53. The highest BCUT2D eigenvalue weighted by molar-refractivity contribution is 7.17. The van der Waals surface area contributed by atoms with Gasteiger partial charge in [-0.2, -0.15) is 0 Å². The normalized spacial score (nSPS) is 11.0. The Bertz CT molecular complexity index is 1140. The third kappa shape index (κ3) is 5.70. The van der Waals surface area contributed by atoms with Crippen molar-refractivity contribution in [2.75, 3.05) is 20.3 Å². The van der Waals surface area contributed by atoms with Crippen molar-refractivity contribution in [3.63, 3.8) is 0 Å². The molecule has 0 unspecified atom stereocenters. The summed E-state index contributed by atoms with van der Waals surface area (Å²) in [5, 5.41) is 7.09. The molecule has 11 heteroatoms. The molecule has 0 fully saturated rings. The molecule has 0 aliphatic carbocycles. The summed E-state index contributed by atoms with van der Waals surface area (Å²) >= 11 is 1.21. The van der Waals surface area contributed by atoms with E-state index in [1.54, 1.807) is 23.6 Å². The number of fused-ring (bicyclic) bond motifs is 1. The number of hydrogen-bond donors (Lipinski definition) is 2. The molecule has 2 N–H and O–H groups in total. The number of ether oxygens (including phenoxy) is 1. The first-order chi connectivity index (χ1) is 15.0. The Morgan fingerprint density at radius 1 is 1.16 bits per heavy atom. The molecule has 0 spiro atoms. The molecule has 10 nitrogen and oxygen atoms in total. The number of furan rings is 1. The van der Waals surface area contributed by atoms with Gasteiger partial charge in [0.15, 0.2) is 0 Å². The Balaban J connectivity index is 1.68. The first-order valence-electron chi connectivity index (χ1n) is 9.77. The molecule has 3 heterocycles. The SMILES string of the molecule is COCCNC(=O)Cn1c(=O)n(CCCC(=O)NCc2ccco2)c(=O)c2sccc21. The zero-order valence-electron chi connectivity index (χ0n) is 17.1. The lowest BCUT2D eigenvalue weighted by Gasteiger charge is -2.12. The predicted octanol–water partition coefficient (Wildman–Crippen LogP) is 0.677. The van der Waals surface area contributed by atoms with Crippen LogP contribution in [-0.4, -0.2) is 41.2 Å². The molecular formula is C20H24N4O6S. The van der Waals surface area contributed by atoms with Crippen molar-refractivity contribution in [3.05, 3.63) is 56.4 Å². The van der Waals surface area contributed by atoms with Gasteiger partial charge in [0.2, 0.25) is 11.8 Å². The van der Waals surface area contributed by atoms with Gasteiger partial charge in [-0.05, 0) is 30.0 Å². The van der Waals surface area contributed by atoms with Crippen LogP contribution in [-0.2, 0) is 34.0 Å². The summed E-state index contributed by atoms with van der Waals surface area (Å²) in [6, 6.07) is 5.14. The summed E-state index contributed by atoms with van der Waals surface area (Å²) in [6.45, 7) is 0.822. The van der Waals surface area contributed by atoms with Crippen molar-refractivity contribution in [2.24, 2.45) is 0 Å². The third-order valence-corrected chi connectivity index (χ3v) is 5.48. The quantitative estimate of drug-likeness (QED) is 0.416. The highest BCUT2D eigenvalue weighted by Crippen LogP contribution is 2.15. The highest BCUT2D eigenvalue weighted by Gasteiger charge is 2.16. The molecular weight excluding hydrogens is 424 g/mol. The van der Waals surface area contributed by atoms with Crippen LogP contribution in [0.4, 0.5) is 0 Å². The lowest BCUT2D eigenvalue weighted by Crippen LogP contribution is -2.42. The van der Waals surface area contributed by atoms with Crippen LogP contribution in [0.5, 0.6) is 0 Å². The lowest BCUT2D eigenvalue weighted by atomic mass is 10.3. The van der Waals surface area contributed by atoms with Crippen LogP contribution in [0.25, 0.3) is 10.2 Å². The van der Waals surface area contributed by atoms with Crippen LogP contribution in [0.2, 0.25) is 0 Å². The summed E-state index contributed by atoms with van der Waals surface area (Å²) in [5.74, 6) is 0.0769. The second-order valence-corrected chi connectivity index (χ2v) is 7.68. The summed E-state index contributed by atoms with van der Waals surface area (Å²) in [5.41, 5.74) is -0.565. The highest BCUT2D eigenvalue weighted by atomic mass is 32.1. The van der Waals surface area contributed by atoms with E-state index >= 15 is 0 Å². The molecule has 2 amide bonds. The second-order valence-electron chi connectivity index (χ2n) is 6.76. The zero-order valence-corrected chi connectivity index (χ0v) is 17.9. The van der Waals surface area contributed by atoms with Crippen molar-refractivity contribution in [1.29, 1.82) is 0 Å². The van der Waals surface area contributed by atoms with Gasteiger partial charge in [0.05, 0.1) is 24.9 Å². The lowest BCUT2D eigenvalue weighted by molar-refractivity contribution is -0.122. The van der Waals surface area contributed by atoms with Crippen molar-refractivity contribution < 1.29 is 18.7 Å². The molecule has 0 saturated carbocycles. The number of carbonyl (C=O) groups is 2. The number of amides is 2. The molecule has 31 heavy (non-hydrogen) atoms. The molecule has 0 bridgehead atoms. The van der Waals surface area contributed by atoms with E-state index in [0.29, 0.717) is 35.5 Å². The van der Waals surface area contributed by atoms with Crippen LogP contribution in [0.15, 0.2) is 43.8 Å². The molecule has 0 saturated heterocycles. The Hall–Kier alpha value is -3.18. The van der Waals surface area contributed by atoms with Crippen LogP contribution in [0, 0.1) is 0 Å². The van der Waals surface area contributed by atoms with E-state index in [4.69, 9.17) is 9.15 Å². The minimum Gasteiger partial charge on any atom is -0.467 e. The fourth-order valence-corrected chi connectivity index (χ4v) is 3.90. The number of hydrogen-bond acceptors (Lipinski definition) is 7. The van der Waals surface area contributed by atoms with Gasteiger partial charge in [0, 0.05) is 26.6 Å². The standard InChI is InChI=1S/C20H24N4O6S/c1-29-10-7-21-17(26)13-24-15-6-11-31-18(15)19(27)23(20(24)28)8-2-5-16(25)22-12-14-4-3-9-30-14/h3-4,6,9,11H,2,5,7-8,10,12-13H2,1H3,(H,21,26)(H,22,25). The van der Waals surface area contributed by atoms with E-state index in [-0.39, 0.29) is 37.9 Å². The summed E-state index contributed by atoms with van der Waals surface area (Å²) in [6.07, 6.45) is 1.97. The Kier molecular flexibility index (Phi) is 7.79. The van der Waals surface area contributed by atoms with E-state index < -0.39 is 11.2 Å². The van der Waals surface area contributed by atoms with E-state index in [1.807, 2.05) is 0 Å². The first-order valence-corrected chi connectivity index (χ1v) is 10.6. The number of thiophene rings is 1. The Labute approximate surface area is 181 Å². The molecule has 3 aromatic rings. The maximum atomic E-state index is 12.9. The fraction of sp³-hybridized carbons (Fsp3) is 0.400. The van der Waals surface area contributed by atoms with Gasteiger partial charge in [-0.1, -0.05) is 0 Å². The largest absolute Gasteiger partial charge is 0.467 e. The number of carbonyl (C=O) groups excluding carboxylic acids is 2. The fourth-order valence-electron chi connectivity index (χ4n) is 3.06. The predicted molar refractivity (Wildman–Crippen MR) is 115 cm³/mol. The van der Waals surface area contributed by atoms with Crippen molar-refractivity contribution >= 4 is 33.4 Å². The number of rotatable bonds is 11. The Morgan fingerprint density at radius 3 is 2.74 bits per heavy atom. The van der Waals surface area contributed by atoms with Gasteiger partial charge in [0.25, 0.3) is 5.56 Å². The average Bonchev–Trinajstić information content (AvgIpc) is 3.44. The molecule has 166 valence electrons. The molecule has 0 aliphatic heterocycles. The van der Waals surface area contributed by atoms with Gasteiger partial charge in [-0.3, -0.25) is 23.5 Å². The van der Waals surface area contributed by atoms with Gasteiger partial charge >= 0.3 is 5.69 Å².